The molecule has 3 nitrogen and oxygen atoms in total. The van der Waals surface area contributed by atoms with E-state index in [1.165, 1.54) is 13.3 Å². The monoisotopic (exact) mass is 684 g/mol. The highest BCUT2D eigenvalue weighted by atomic mass is 19.4. The van der Waals surface area contributed by atoms with Crippen LogP contribution >= 0.6 is 0 Å². The maximum absolute atomic E-state index is 14.2. The molecule has 1 aromatic rings. The molecule has 1 rings (SSSR count). The molecule has 0 bridgehead atoms. The number of aliphatic imine (C=N–C) groups is 1. The molecule has 0 heterocycles. The van der Waals surface area contributed by atoms with Crippen LogP contribution in [0.3, 0.4) is 0 Å². The molecule has 0 aromatic heterocycles. The lowest BCUT2D eigenvalue weighted by molar-refractivity contribution is -0.461. The predicted molar refractivity (Wildman–Crippen MR) is 118 cm³/mol. The maximum atomic E-state index is 14.2. The number of benzene rings is 1. The fourth-order valence-corrected chi connectivity index (χ4v) is 3.06. The molecule has 0 amide bonds. The lowest BCUT2D eigenvalue weighted by atomic mass is 9.86. The molecule has 0 unspecified atom stereocenters. The van der Waals surface area contributed by atoms with Gasteiger partial charge in [-0.3, -0.25) is 0 Å². The fraction of sp³-hybridized carbons (Fsp3) is 0.696. The molecule has 0 aliphatic carbocycles. The third-order valence-corrected chi connectivity index (χ3v) is 6.17. The molecule has 0 spiro atoms. The van der Waals surface area contributed by atoms with Gasteiger partial charge in [-0.25, -0.2) is 4.99 Å². The number of ether oxygens (including phenoxy) is 1. The Labute approximate surface area is 236 Å². The first-order valence-corrected chi connectivity index (χ1v) is 11.6. The Balaban J connectivity index is 3.52. The van der Waals surface area contributed by atoms with E-state index in [9.17, 15) is 79.0 Å². The summed E-state index contributed by atoms with van der Waals surface area (Å²) in [6, 6.07) is 1.90. The van der Waals surface area contributed by atoms with Crippen LogP contribution in [0.4, 0.5) is 84.7 Å². The summed E-state index contributed by atoms with van der Waals surface area (Å²) in [5.74, 6) is -72.5. The maximum Gasteiger partial charge on any atom is 0.385 e. The minimum absolute atomic E-state index is 0.0653. The van der Waals surface area contributed by atoms with Crippen molar-refractivity contribution in [1.82, 2.24) is 4.90 Å². The molecule has 0 N–H and O–H groups in total. The minimum Gasteiger partial charge on any atom is -0.487 e. The molecule has 44 heavy (non-hydrogen) atoms. The molecule has 0 aliphatic rings. The van der Waals surface area contributed by atoms with Crippen molar-refractivity contribution >= 4 is 12.0 Å². The highest BCUT2D eigenvalue weighted by Gasteiger charge is 2.96. The van der Waals surface area contributed by atoms with Crippen molar-refractivity contribution in [2.24, 2.45) is 4.99 Å². The molecule has 21 heteroatoms. The summed E-state index contributed by atoms with van der Waals surface area (Å²) < 4.78 is 251. The van der Waals surface area contributed by atoms with E-state index >= 15 is 0 Å². The Morgan fingerprint density at radius 2 is 1.02 bits per heavy atom. The first kappa shape index (κ1) is 39.3. The van der Waals surface area contributed by atoms with E-state index in [1.54, 1.807) is 18.9 Å². The van der Waals surface area contributed by atoms with Crippen LogP contribution in [0.25, 0.3) is 0 Å². The minimum atomic E-state index is -8.79. The van der Waals surface area contributed by atoms with Gasteiger partial charge < -0.3 is 9.64 Å². The van der Waals surface area contributed by atoms with Gasteiger partial charge in [0, 0.05) is 20.5 Å². The number of hydrogen-bond donors (Lipinski definition) is 0. The van der Waals surface area contributed by atoms with Crippen LogP contribution in [0.5, 0.6) is 5.75 Å². The Morgan fingerprint density at radius 1 is 0.636 bits per heavy atom. The molecule has 0 saturated heterocycles. The van der Waals surface area contributed by atoms with Gasteiger partial charge in [0.2, 0.25) is 0 Å². The van der Waals surface area contributed by atoms with Gasteiger partial charge >= 0.3 is 53.3 Å². The molecule has 0 fully saturated rings. The molecular formula is C23H22F18N2O. The van der Waals surface area contributed by atoms with Crippen LogP contribution in [0.2, 0.25) is 0 Å². The molecular weight excluding hydrogens is 662 g/mol. The van der Waals surface area contributed by atoms with Gasteiger partial charge in [-0.15, -0.1) is 0 Å². The summed E-state index contributed by atoms with van der Waals surface area (Å²) >= 11 is 0. The van der Waals surface area contributed by atoms with Gasteiger partial charge in [-0.1, -0.05) is 0 Å². The third kappa shape index (κ3) is 5.94. The number of nitrogens with zero attached hydrogens (tertiary/aromatic N) is 2. The van der Waals surface area contributed by atoms with Crippen LogP contribution < -0.4 is 4.74 Å². The lowest BCUT2D eigenvalue weighted by Crippen LogP contribution is -2.76. The van der Waals surface area contributed by atoms with E-state index in [1.807, 2.05) is 0 Å². The van der Waals surface area contributed by atoms with Gasteiger partial charge in [-0.2, -0.15) is 79.0 Å². The number of halogens is 18. The van der Waals surface area contributed by atoms with Crippen molar-refractivity contribution in [2.45, 2.75) is 81.0 Å². The van der Waals surface area contributed by atoms with Crippen LogP contribution in [0.1, 0.15) is 25.0 Å². The van der Waals surface area contributed by atoms with Crippen molar-refractivity contribution in [3.8, 4) is 5.75 Å². The Kier molecular flexibility index (Phi) is 10.3. The smallest absolute Gasteiger partial charge is 0.385 e. The summed E-state index contributed by atoms with van der Waals surface area (Å²) in [6.07, 6.45) is 1.30. The second-order valence-corrected chi connectivity index (χ2v) is 9.62. The van der Waals surface area contributed by atoms with Crippen molar-refractivity contribution in [3.05, 3.63) is 23.3 Å². The van der Waals surface area contributed by atoms with Crippen molar-refractivity contribution in [3.63, 3.8) is 0 Å². The normalized spacial score (nSPS) is 15.2. The number of aryl methyl sites for hydroxylation is 2. The lowest BCUT2D eigenvalue weighted by Gasteiger charge is -2.44. The van der Waals surface area contributed by atoms with E-state index in [2.05, 4.69) is 9.73 Å². The van der Waals surface area contributed by atoms with Gasteiger partial charge in [0.15, 0.2) is 6.61 Å². The molecule has 0 radical (unpaired) electrons. The topological polar surface area (TPSA) is 24.8 Å². The molecule has 256 valence electrons. The number of rotatable bonds is 14. The first-order valence-electron chi connectivity index (χ1n) is 11.6. The predicted octanol–water partition coefficient (Wildman–Crippen LogP) is 9.03. The highest BCUT2D eigenvalue weighted by Crippen LogP contribution is 2.65. The summed E-state index contributed by atoms with van der Waals surface area (Å²) in [5.41, 5.74) is -0.0273. The fourth-order valence-electron chi connectivity index (χ4n) is 3.06. The second-order valence-electron chi connectivity index (χ2n) is 9.62. The van der Waals surface area contributed by atoms with Gasteiger partial charge in [0.1, 0.15) is 5.75 Å². The second kappa shape index (κ2) is 11.5. The quantitative estimate of drug-likeness (QED) is 0.111. The standard InChI is InChI=1S/C23H22F18N2O/c1-6-43(5)10-42-13-7-12(3)14(8-11(13)2)44-9-16(26,27)18(30,31)20(34,35)22(38,39)23(40,41)21(36,37)19(32,33)17(28,29)15(4,24)25/h7-8,10H,6,9H2,1-5H3. The average molecular weight is 684 g/mol. The zero-order valence-corrected chi connectivity index (χ0v) is 22.8. The third-order valence-electron chi connectivity index (χ3n) is 6.17. The number of hydrogen-bond acceptors (Lipinski definition) is 2. The van der Waals surface area contributed by atoms with Gasteiger partial charge in [-0.05, 0) is 44.0 Å². The van der Waals surface area contributed by atoms with E-state index in [4.69, 9.17) is 0 Å². The van der Waals surface area contributed by atoms with Crippen LogP contribution in [0.15, 0.2) is 17.1 Å². The summed E-state index contributed by atoms with van der Waals surface area (Å²) in [4.78, 5) is 5.55. The zero-order chi connectivity index (χ0) is 35.3. The van der Waals surface area contributed by atoms with E-state index in [0.29, 0.717) is 6.54 Å². The Bertz CT molecular complexity index is 1210. The number of alkyl halides is 18. The SMILES string of the molecule is CCN(C)C=Nc1cc(C)c(OCC(F)(F)C(F)(F)C(F)(F)C(F)(F)C(F)(F)C(F)(F)C(F)(F)C(F)(F)C(C)(F)F)cc1C. The van der Waals surface area contributed by atoms with E-state index in [0.717, 1.165) is 19.1 Å². The van der Waals surface area contributed by atoms with Crippen molar-refractivity contribution < 1.29 is 83.8 Å². The molecule has 1 aromatic carbocycles. The molecule has 0 aliphatic heterocycles. The average Bonchev–Trinajstić information content (AvgIpc) is 2.86. The van der Waals surface area contributed by atoms with Crippen LogP contribution in [-0.2, 0) is 0 Å². The van der Waals surface area contributed by atoms with Crippen molar-refractivity contribution in [2.75, 3.05) is 20.2 Å². The molecule has 0 atom stereocenters. The Hall–Kier alpha value is -2.77. The summed E-state index contributed by atoms with van der Waals surface area (Å²) in [5, 5.41) is 0. The van der Waals surface area contributed by atoms with E-state index in [-0.39, 0.29) is 16.8 Å². The van der Waals surface area contributed by atoms with Crippen LogP contribution in [-0.4, -0.2) is 84.7 Å². The van der Waals surface area contributed by atoms with E-state index < -0.39 is 72.6 Å². The van der Waals surface area contributed by atoms with Gasteiger partial charge in [0.05, 0.1) is 12.0 Å². The highest BCUT2D eigenvalue weighted by molar-refractivity contribution is 5.64. The summed E-state index contributed by atoms with van der Waals surface area (Å²) in [6.45, 7) is 0.182. The van der Waals surface area contributed by atoms with Crippen LogP contribution in [0, 0.1) is 13.8 Å². The van der Waals surface area contributed by atoms with Gasteiger partial charge in [0.25, 0.3) is 0 Å². The van der Waals surface area contributed by atoms with Crippen molar-refractivity contribution in [1.29, 1.82) is 0 Å². The summed E-state index contributed by atoms with van der Waals surface area (Å²) in [7, 11) is 1.59. The largest absolute Gasteiger partial charge is 0.487 e. The Morgan fingerprint density at radius 3 is 1.41 bits per heavy atom. The first-order chi connectivity index (χ1) is 19.2. The zero-order valence-electron chi connectivity index (χ0n) is 22.8. The molecule has 0 saturated carbocycles.